The van der Waals surface area contributed by atoms with E-state index in [0.29, 0.717) is 12.3 Å². The fourth-order valence-corrected chi connectivity index (χ4v) is 2.56. The molecule has 2 nitrogen and oxygen atoms in total. The Morgan fingerprint density at radius 2 is 2.36 bits per heavy atom. The van der Waals surface area contributed by atoms with Crippen molar-refractivity contribution in [3.05, 3.63) is 0 Å². The second kappa shape index (κ2) is 2.31. The third kappa shape index (κ3) is 1.32. The molecule has 2 saturated carbocycles. The Kier molecular flexibility index (Phi) is 1.53. The highest BCUT2D eigenvalue weighted by atomic mass is 16.3. The highest BCUT2D eigenvalue weighted by Crippen LogP contribution is 2.40. The van der Waals surface area contributed by atoms with Crippen molar-refractivity contribution >= 4 is 5.78 Å². The minimum Gasteiger partial charge on any atom is -0.389 e. The van der Waals surface area contributed by atoms with Gasteiger partial charge >= 0.3 is 0 Å². The van der Waals surface area contributed by atoms with Crippen LogP contribution in [0.1, 0.15) is 38.5 Å². The predicted octanol–water partition coefficient (Wildman–Crippen LogP) is 1.27. The molecule has 0 saturated heterocycles. The number of carbonyl (C=O) groups is 1. The van der Waals surface area contributed by atoms with E-state index in [1.54, 1.807) is 0 Å². The van der Waals surface area contributed by atoms with E-state index in [0.717, 1.165) is 32.1 Å². The van der Waals surface area contributed by atoms with Crippen LogP contribution in [-0.2, 0) is 4.79 Å². The SMILES string of the molecule is O=C1CC2CCCC(O)(C1)C2. The summed E-state index contributed by atoms with van der Waals surface area (Å²) in [6.45, 7) is 0. The quantitative estimate of drug-likeness (QED) is 0.570. The van der Waals surface area contributed by atoms with Gasteiger partial charge < -0.3 is 5.11 Å². The number of hydrogen-bond donors (Lipinski definition) is 1. The van der Waals surface area contributed by atoms with E-state index in [-0.39, 0.29) is 5.78 Å². The Morgan fingerprint density at radius 3 is 3.09 bits per heavy atom. The first-order valence-electron chi connectivity index (χ1n) is 4.42. The lowest BCUT2D eigenvalue weighted by Crippen LogP contribution is -2.42. The van der Waals surface area contributed by atoms with E-state index in [2.05, 4.69) is 0 Å². The molecule has 0 spiro atoms. The Morgan fingerprint density at radius 1 is 1.55 bits per heavy atom. The smallest absolute Gasteiger partial charge is 0.136 e. The van der Waals surface area contributed by atoms with Crippen molar-refractivity contribution in [1.82, 2.24) is 0 Å². The van der Waals surface area contributed by atoms with Gasteiger partial charge in [0.25, 0.3) is 0 Å². The molecular formula is C9H14O2. The normalized spacial score (nSPS) is 44.1. The largest absolute Gasteiger partial charge is 0.389 e. The van der Waals surface area contributed by atoms with Crippen LogP contribution < -0.4 is 0 Å². The van der Waals surface area contributed by atoms with E-state index in [4.69, 9.17) is 0 Å². The van der Waals surface area contributed by atoms with Gasteiger partial charge in [-0.2, -0.15) is 0 Å². The number of carbonyl (C=O) groups excluding carboxylic acids is 1. The fourth-order valence-electron chi connectivity index (χ4n) is 2.56. The third-order valence-corrected chi connectivity index (χ3v) is 2.97. The predicted molar refractivity (Wildman–Crippen MR) is 41.1 cm³/mol. The molecule has 2 bridgehead atoms. The summed E-state index contributed by atoms with van der Waals surface area (Å²) in [5.41, 5.74) is -0.599. The van der Waals surface area contributed by atoms with Gasteiger partial charge in [-0.15, -0.1) is 0 Å². The number of ketones is 1. The van der Waals surface area contributed by atoms with Crippen LogP contribution in [0.15, 0.2) is 0 Å². The minimum absolute atomic E-state index is 0.267. The molecule has 2 atom stereocenters. The Labute approximate surface area is 66.6 Å². The van der Waals surface area contributed by atoms with Gasteiger partial charge in [-0.25, -0.2) is 0 Å². The van der Waals surface area contributed by atoms with Crippen molar-refractivity contribution in [2.45, 2.75) is 44.1 Å². The molecule has 11 heavy (non-hydrogen) atoms. The molecule has 2 fully saturated rings. The van der Waals surface area contributed by atoms with Gasteiger partial charge in [0.2, 0.25) is 0 Å². The molecule has 2 aliphatic rings. The minimum atomic E-state index is -0.599. The van der Waals surface area contributed by atoms with E-state index >= 15 is 0 Å². The second-order valence-electron chi connectivity index (χ2n) is 4.11. The molecule has 0 radical (unpaired) electrons. The molecule has 2 unspecified atom stereocenters. The van der Waals surface area contributed by atoms with Gasteiger partial charge in [0.1, 0.15) is 5.78 Å². The second-order valence-corrected chi connectivity index (χ2v) is 4.11. The molecule has 0 aromatic heterocycles. The molecule has 1 N–H and O–H groups in total. The van der Waals surface area contributed by atoms with Crippen LogP contribution in [0.4, 0.5) is 0 Å². The molecule has 0 aromatic rings. The van der Waals surface area contributed by atoms with E-state index < -0.39 is 5.60 Å². The highest BCUT2D eigenvalue weighted by Gasteiger charge is 2.40. The number of rotatable bonds is 0. The molecule has 2 rings (SSSR count). The van der Waals surface area contributed by atoms with Crippen molar-refractivity contribution < 1.29 is 9.90 Å². The first-order valence-corrected chi connectivity index (χ1v) is 4.42. The van der Waals surface area contributed by atoms with Gasteiger partial charge in [-0.1, -0.05) is 6.42 Å². The van der Waals surface area contributed by atoms with Crippen LogP contribution >= 0.6 is 0 Å². The summed E-state index contributed by atoms with van der Waals surface area (Å²) >= 11 is 0. The first kappa shape index (κ1) is 7.29. The molecule has 2 heteroatoms. The van der Waals surface area contributed by atoms with E-state index in [1.165, 1.54) is 0 Å². The Balaban J connectivity index is 2.15. The first-order chi connectivity index (χ1) is 5.18. The maximum atomic E-state index is 11.1. The molecule has 0 heterocycles. The number of Topliss-reactive ketones (excluding diaryl/α,β-unsaturated/α-hetero) is 1. The lowest BCUT2D eigenvalue weighted by molar-refractivity contribution is -0.134. The summed E-state index contributed by atoms with van der Waals surface area (Å²) in [5, 5.41) is 9.85. The molecule has 62 valence electrons. The zero-order valence-corrected chi connectivity index (χ0v) is 6.68. The Bertz CT molecular complexity index is 188. The van der Waals surface area contributed by atoms with Crippen molar-refractivity contribution in [1.29, 1.82) is 0 Å². The fraction of sp³-hybridized carbons (Fsp3) is 0.889. The number of fused-ring (bicyclic) bond motifs is 2. The summed E-state index contributed by atoms with van der Waals surface area (Å²) in [4.78, 5) is 11.1. The summed E-state index contributed by atoms with van der Waals surface area (Å²) in [5.74, 6) is 0.762. The van der Waals surface area contributed by atoms with E-state index in [1.807, 2.05) is 0 Å². The maximum Gasteiger partial charge on any atom is 0.136 e. The van der Waals surface area contributed by atoms with Crippen LogP contribution in [0, 0.1) is 5.92 Å². The molecular weight excluding hydrogens is 140 g/mol. The standard InChI is InChI=1S/C9H14O2/c10-8-4-7-2-1-3-9(11,5-7)6-8/h7,11H,1-6H2. The topological polar surface area (TPSA) is 37.3 Å². The summed E-state index contributed by atoms with van der Waals surface area (Å²) in [6.07, 6.45) is 5.11. The lowest BCUT2D eigenvalue weighted by Gasteiger charge is -2.40. The number of hydrogen-bond acceptors (Lipinski definition) is 2. The van der Waals surface area contributed by atoms with Crippen LogP contribution in [0.2, 0.25) is 0 Å². The summed E-state index contributed by atoms with van der Waals surface area (Å²) in [6, 6.07) is 0. The van der Waals surface area contributed by atoms with Crippen molar-refractivity contribution in [3.8, 4) is 0 Å². The monoisotopic (exact) mass is 154 g/mol. The average molecular weight is 154 g/mol. The zero-order chi connectivity index (χ0) is 7.90. The van der Waals surface area contributed by atoms with Crippen LogP contribution in [0.25, 0.3) is 0 Å². The van der Waals surface area contributed by atoms with Crippen molar-refractivity contribution in [3.63, 3.8) is 0 Å². The number of aliphatic hydroxyl groups is 1. The Hall–Kier alpha value is -0.370. The highest BCUT2D eigenvalue weighted by molar-refractivity contribution is 5.80. The molecule has 0 amide bonds. The molecule has 2 aliphatic carbocycles. The van der Waals surface area contributed by atoms with Crippen LogP contribution in [0.3, 0.4) is 0 Å². The van der Waals surface area contributed by atoms with Gasteiger partial charge in [0.15, 0.2) is 0 Å². The third-order valence-electron chi connectivity index (χ3n) is 2.97. The van der Waals surface area contributed by atoms with Gasteiger partial charge in [0, 0.05) is 12.8 Å². The molecule has 0 aliphatic heterocycles. The van der Waals surface area contributed by atoms with E-state index in [9.17, 15) is 9.90 Å². The summed E-state index contributed by atoms with van der Waals surface area (Å²) in [7, 11) is 0. The maximum absolute atomic E-state index is 11.1. The van der Waals surface area contributed by atoms with Crippen LogP contribution in [-0.4, -0.2) is 16.5 Å². The van der Waals surface area contributed by atoms with Gasteiger partial charge in [-0.3, -0.25) is 4.79 Å². The van der Waals surface area contributed by atoms with Crippen molar-refractivity contribution in [2.75, 3.05) is 0 Å². The lowest BCUT2D eigenvalue weighted by atomic mass is 9.69. The van der Waals surface area contributed by atoms with Gasteiger partial charge in [-0.05, 0) is 25.2 Å². The average Bonchev–Trinajstić information content (AvgIpc) is 1.82. The summed E-state index contributed by atoms with van der Waals surface area (Å²) < 4.78 is 0. The zero-order valence-electron chi connectivity index (χ0n) is 6.68. The van der Waals surface area contributed by atoms with Gasteiger partial charge in [0.05, 0.1) is 5.60 Å². The molecule has 0 aromatic carbocycles. The van der Waals surface area contributed by atoms with Crippen LogP contribution in [0.5, 0.6) is 0 Å². The van der Waals surface area contributed by atoms with Crippen molar-refractivity contribution in [2.24, 2.45) is 5.92 Å².